The first-order valence-corrected chi connectivity index (χ1v) is 6.39. The zero-order valence-corrected chi connectivity index (χ0v) is 9.80. The largest absolute Gasteiger partial charge is 0.376 e. The summed E-state index contributed by atoms with van der Waals surface area (Å²) in [5, 5.41) is 0. The highest BCUT2D eigenvalue weighted by Crippen LogP contribution is 2.35. The molecule has 0 saturated carbocycles. The zero-order valence-electron chi connectivity index (χ0n) is 9.80. The highest BCUT2D eigenvalue weighted by Gasteiger charge is 2.47. The quantitative estimate of drug-likeness (QED) is 0.532. The summed E-state index contributed by atoms with van der Waals surface area (Å²) in [5.74, 6) is -0.178. The van der Waals surface area contributed by atoms with Crippen molar-refractivity contribution >= 4 is 11.8 Å². The highest BCUT2D eigenvalue weighted by atomic mass is 16.5. The lowest BCUT2D eigenvalue weighted by Gasteiger charge is -2.18. The van der Waals surface area contributed by atoms with E-state index < -0.39 is 0 Å². The molecule has 4 nitrogen and oxygen atoms in total. The van der Waals surface area contributed by atoms with E-state index in [1.54, 1.807) is 0 Å². The monoisotopic (exact) mass is 235 g/mol. The van der Waals surface area contributed by atoms with Gasteiger partial charge in [0.25, 0.3) is 0 Å². The zero-order chi connectivity index (χ0) is 11.8. The second-order valence-corrected chi connectivity index (χ2v) is 5.08. The molecule has 2 saturated heterocycles. The van der Waals surface area contributed by atoms with Crippen molar-refractivity contribution in [3.63, 3.8) is 0 Å². The Kier molecular flexibility index (Phi) is 2.74. The van der Waals surface area contributed by atoms with Gasteiger partial charge in [-0.3, -0.25) is 14.5 Å². The van der Waals surface area contributed by atoms with Crippen molar-refractivity contribution in [2.75, 3.05) is 13.2 Å². The molecule has 1 aliphatic carbocycles. The van der Waals surface area contributed by atoms with Crippen molar-refractivity contribution in [2.24, 2.45) is 11.8 Å². The Morgan fingerprint density at radius 3 is 2.35 bits per heavy atom. The van der Waals surface area contributed by atoms with Crippen LogP contribution in [0.25, 0.3) is 0 Å². The van der Waals surface area contributed by atoms with Crippen molar-refractivity contribution in [2.45, 2.75) is 31.8 Å². The van der Waals surface area contributed by atoms with Crippen LogP contribution in [0.2, 0.25) is 0 Å². The average molecular weight is 235 g/mol. The minimum Gasteiger partial charge on any atom is -0.376 e. The Hall–Kier alpha value is -1.16. The van der Waals surface area contributed by atoms with Crippen LogP contribution in [0.1, 0.15) is 25.7 Å². The maximum absolute atomic E-state index is 12.2. The van der Waals surface area contributed by atoms with Gasteiger partial charge < -0.3 is 4.74 Å². The fraction of sp³-hybridized carbons (Fsp3) is 0.692. The number of nitrogens with zero attached hydrogens (tertiary/aromatic N) is 1. The van der Waals surface area contributed by atoms with Crippen LogP contribution in [-0.2, 0) is 14.3 Å². The summed E-state index contributed by atoms with van der Waals surface area (Å²) in [5.41, 5.74) is 0. The molecule has 0 aromatic carbocycles. The average Bonchev–Trinajstić information content (AvgIpc) is 2.94. The highest BCUT2D eigenvalue weighted by molar-refractivity contribution is 6.05. The van der Waals surface area contributed by atoms with Gasteiger partial charge in [0.15, 0.2) is 0 Å². The fourth-order valence-corrected chi connectivity index (χ4v) is 3.04. The van der Waals surface area contributed by atoms with Crippen LogP contribution in [0.5, 0.6) is 0 Å². The summed E-state index contributed by atoms with van der Waals surface area (Å²) in [6.45, 7) is 1.22. The number of rotatable bonds is 2. The maximum Gasteiger partial charge on any atom is 0.233 e. The first-order chi connectivity index (χ1) is 8.27. The van der Waals surface area contributed by atoms with Gasteiger partial charge in [-0.05, 0) is 25.7 Å². The van der Waals surface area contributed by atoms with Crippen molar-refractivity contribution in [3.8, 4) is 0 Å². The first kappa shape index (κ1) is 11.0. The molecule has 92 valence electrons. The predicted octanol–water partition coefficient (Wildman–Crippen LogP) is 1.12. The first-order valence-electron chi connectivity index (χ1n) is 6.39. The van der Waals surface area contributed by atoms with Gasteiger partial charge in [0.2, 0.25) is 11.8 Å². The van der Waals surface area contributed by atoms with E-state index >= 15 is 0 Å². The normalized spacial score (nSPS) is 36.7. The minimum atomic E-state index is -0.103. The second-order valence-electron chi connectivity index (χ2n) is 5.08. The molecule has 3 aliphatic rings. The number of allylic oxidation sites excluding steroid dienone is 2. The van der Waals surface area contributed by atoms with E-state index in [1.165, 1.54) is 4.90 Å². The molecule has 0 bridgehead atoms. The van der Waals surface area contributed by atoms with E-state index in [1.807, 2.05) is 12.2 Å². The number of hydrogen-bond donors (Lipinski definition) is 0. The van der Waals surface area contributed by atoms with Gasteiger partial charge >= 0.3 is 0 Å². The van der Waals surface area contributed by atoms with Gasteiger partial charge in [0.1, 0.15) is 0 Å². The molecule has 0 N–H and O–H groups in total. The van der Waals surface area contributed by atoms with Gasteiger partial charge in [-0.25, -0.2) is 0 Å². The van der Waals surface area contributed by atoms with Gasteiger partial charge in [0.05, 0.1) is 24.5 Å². The molecule has 0 unspecified atom stereocenters. The lowest BCUT2D eigenvalue weighted by molar-refractivity contribution is -0.141. The Morgan fingerprint density at radius 2 is 1.82 bits per heavy atom. The Labute approximate surface area is 101 Å². The van der Waals surface area contributed by atoms with Crippen LogP contribution < -0.4 is 0 Å². The fourth-order valence-electron chi connectivity index (χ4n) is 3.04. The summed E-state index contributed by atoms with van der Waals surface area (Å²) in [6, 6.07) is 0. The summed E-state index contributed by atoms with van der Waals surface area (Å²) in [7, 11) is 0. The summed E-state index contributed by atoms with van der Waals surface area (Å²) in [4.78, 5) is 25.7. The maximum atomic E-state index is 12.2. The molecule has 0 aromatic heterocycles. The molecule has 0 spiro atoms. The summed E-state index contributed by atoms with van der Waals surface area (Å²) >= 11 is 0. The smallest absolute Gasteiger partial charge is 0.233 e. The van der Waals surface area contributed by atoms with E-state index in [2.05, 4.69) is 0 Å². The third kappa shape index (κ3) is 1.80. The molecule has 17 heavy (non-hydrogen) atoms. The molecule has 2 fully saturated rings. The molecule has 0 radical (unpaired) electrons. The third-order valence-corrected chi connectivity index (χ3v) is 4.01. The molecule has 0 aromatic rings. The Bertz CT molecular complexity index is 345. The Balaban J connectivity index is 1.73. The van der Waals surface area contributed by atoms with Crippen molar-refractivity contribution in [1.29, 1.82) is 0 Å². The molecule has 2 aliphatic heterocycles. The van der Waals surface area contributed by atoms with Crippen LogP contribution >= 0.6 is 0 Å². The number of hydrogen-bond acceptors (Lipinski definition) is 3. The summed E-state index contributed by atoms with van der Waals surface area (Å²) in [6.07, 6.45) is 7.54. The SMILES string of the molecule is O=C1[C@H]2CC=CC[C@H]2C(=O)N1C[C@H]1CCCO1. The number of amides is 2. The van der Waals surface area contributed by atoms with E-state index in [0.717, 1.165) is 32.3 Å². The van der Waals surface area contributed by atoms with Crippen LogP contribution in [0.3, 0.4) is 0 Å². The molecule has 3 rings (SSSR count). The van der Waals surface area contributed by atoms with Crippen molar-refractivity contribution in [3.05, 3.63) is 12.2 Å². The number of carbonyl (C=O) groups excluding carboxylic acids is 2. The van der Waals surface area contributed by atoms with E-state index in [4.69, 9.17) is 4.74 Å². The van der Waals surface area contributed by atoms with Crippen molar-refractivity contribution < 1.29 is 14.3 Å². The molecule has 2 amide bonds. The van der Waals surface area contributed by atoms with Crippen molar-refractivity contribution in [1.82, 2.24) is 4.90 Å². The van der Waals surface area contributed by atoms with Crippen LogP contribution in [0.15, 0.2) is 12.2 Å². The van der Waals surface area contributed by atoms with Crippen LogP contribution in [0.4, 0.5) is 0 Å². The Morgan fingerprint density at radius 1 is 1.18 bits per heavy atom. The number of ether oxygens (including phenoxy) is 1. The van der Waals surface area contributed by atoms with Gasteiger partial charge in [0, 0.05) is 6.61 Å². The lowest BCUT2D eigenvalue weighted by atomic mass is 9.85. The number of fused-ring (bicyclic) bond motifs is 1. The minimum absolute atomic E-state index is 0.0138. The summed E-state index contributed by atoms with van der Waals surface area (Å²) < 4.78 is 5.50. The number of carbonyl (C=O) groups is 2. The second kappa shape index (κ2) is 4.26. The van der Waals surface area contributed by atoms with Gasteiger partial charge in [-0.15, -0.1) is 0 Å². The van der Waals surface area contributed by atoms with Gasteiger partial charge in [-0.1, -0.05) is 12.2 Å². The van der Waals surface area contributed by atoms with E-state index in [9.17, 15) is 9.59 Å². The predicted molar refractivity (Wildman–Crippen MR) is 61.0 cm³/mol. The van der Waals surface area contributed by atoms with Crippen LogP contribution in [-0.4, -0.2) is 36.0 Å². The number of likely N-dealkylation sites (tertiary alicyclic amines) is 1. The van der Waals surface area contributed by atoms with E-state index in [0.29, 0.717) is 6.54 Å². The topological polar surface area (TPSA) is 46.6 Å². The third-order valence-electron chi connectivity index (χ3n) is 4.01. The van der Waals surface area contributed by atoms with E-state index in [-0.39, 0.29) is 29.8 Å². The van der Waals surface area contributed by atoms with Gasteiger partial charge in [-0.2, -0.15) is 0 Å². The standard InChI is InChI=1S/C13H17NO3/c15-12-10-5-1-2-6-11(10)13(16)14(12)8-9-4-3-7-17-9/h1-2,9-11H,3-8H2/t9-,10-,11+/m1/s1. The molecule has 4 heteroatoms. The molecular formula is C13H17NO3. The molecular weight excluding hydrogens is 218 g/mol. The number of imide groups is 1. The lowest BCUT2D eigenvalue weighted by Crippen LogP contribution is -2.37. The molecule has 3 atom stereocenters. The van der Waals surface area contributed by atoms with Crippen LogP contribution in [0, 0.1) is 11.8 Å². The molecule has 2 heterocycles.